The zero-order chi connectivity index (χ0) is 34.4. The molecule has 0 aromatic carbocycles. The molecule has 0 aliphatic rings. The molecule has 0 aliphatic heterocycles. The predicted molar refractivity (Wildman–Crippen MR) is 212 cm³/mol. The van der Waals surface area contributed by atoms with Crippen molar-refractivity contribution in [2.45, 2.75) is 206 Å². The van der Waals surface area contributed by atoms with Gasteiger partial charge in [-0.25, -0.2) is 0 Å². The van der Waals surface area contributed by atoms with Crippen LogP contribution in [0.25, 0.3) is 0 Å². The molecular formula is C42H85NO3Si. The maximum atomic E-state index is 5.67. The summed E-state index contributed by atoms with van der Waals surface area (Å²) in [4.78, 5) is 2.71. The Morgan fingerprint density at radius 2 is 0.638 bits per heavy atom. The summed E-state index contributed by atoms with van der Waals surface area (Å²) in [5.41, 5.74) is 0. The van der Waals surface area contributed by atoms with Gasteiger partial charge in [0, 0.05) is 27.4 Å². The minimum atomic E-state index is -2.47. The van der Waals surface area contributed by atoms with Crippen LogP contribution in [0.5, 0.6) is 0 Å². The molecule has 5 heteroatoms. The Hall–Kier alpha value is -0.463. The highest BCUT2D eigenvalue weighted by Gasteiger charge is 2.37. The Balaban J connectivity index is 4.04. The Morgan fingerprint density at radius 3 is 0.957 bits per heavy atom. The fourth-order valence-corrected chi connectivity index (χ4v) is 8.28. The molecule has 0 N–H and O–H groups in total. The number of allylic oxidation sites excluding steroid dienone is 4. The number of unbranched alkanes of at least 4 members (excludes halogenated alkanes) is 24. The third kappa shape index (κ3) is 32.5. The van der Waals surface area contributed by atoms with Gasteiger partial charge in [-0.05, 0) is 90.3 Å². The summed E-state index contributed by atoms with van der Waals surface area (Å²) in [6.07, 6.45) is 49.2. The van der Waals surface area contributed by atoms with Crippen molar-refractivity contribution >= 4 is 8.80 Å². The Morgan fingerprint density at radius 1 is 0.362 bits per heavy atom. The van der Waals surface area contributed by atoms with Gasteiger partial charge in [0.25, 0.3) is 0 Å². The molecule has 0 spiro atoms. The first-order valence-corrected chi connectivity index (χ1v) is 22.8. The number of hydrogen-bond donors (Lipinski definition) is 0. The second kappa shape index (κ2) is 38.3. The monoisotopic (exact) mass is 680 g/mol. The van der Waals surface area contributed by atoms with Crippen molar-refractivity contribution in [3.8, 4) is 0 Å². The first-order valence-electron chi connectivity index (χ1n) is 20.9. The van der Waals surface area contributed by atoms with E-state index in [9.17, 15) is 0 Å². The van der Waals surface area contributed by atoms with Crippen LogP contribution in [0.2, 0.25) is 6.04 Å². The van der Waals surface area contributed by atoms with Crippen molar-refractivity contribution in [1.82, 2.24) is 4.90 Å². The normalized spacial score (nSPS) is 12.5. The molecule has 0 saturated carbocycles. The van der Waals surface area contributed by atoms with Crippen LogP contribution in [-0.4, -0.2) is 54.7 Å². The Kier molecular flexibility index (Phi) is 38.0. The van der Waals surface area contributed by atoms with Gasteiger partial charge in [-0.2, -0.15) is 0 Å². The van der Waals surface area contributed by atoms with E-state index in [1.165, 1.54) is 193 Å². The van der Waals surface area contributed by atoms with Gasteiger partial charge in [-0.1, -0.05) is 154 Å². The van der Waals surface area contributed by atoms with Crippen LogP contribution in [-0.2, 0) is 13.3 Å². The van der Waals surface area contributed by atoms with E-state index in [-0.39, 0.29) is 0 Å². The van der Waals surface area contributed by atoms with Crippen LogP contribution < -0.4 is 0 Å². The Bertz CT molecular complexity index is 602. The molecule has 4 nitrogen and oxygen atoms in total. The van der Waals surface area contributed by atoms with E-state index in [1.54, 1.807) is 21.3 Å². The van der Waals surface area contributed by atoms with Crippen LogP contribution in [0, 0.1) is 0 Å². The van der Waals surface area contributed by atoms with Crippen LogP contribution >= 0.6 is 0 Å². The lowest BCUT2D eigenvalue weighted by molar-refractivity contribution is 0.121. The lowest BCUT2D eigenvalue weighted by atomic mass is 10.1. The lowest BCUT2D eigenvalue weighted by Gasteiger charge is -2.27. The minimum absolute atomic E-state index is 0.897. The second-order valence-electron chi connectivity index (χ2n) is 14.1. The quantitative estimate of drug-likeness (QED) is 0.0367. The number of nitrogens with zero attached hydrogens (tertiary/aromatic N) is 1. The maximum Gasteiger partial charge on any atom is 0.500 e. The summed E-state index contributed by atoms with van der Waals surface area (Å²) in [7, 11) is 2.72. The van der Waals surface area contributed by atoms with E-state index in [0.717, 1.165) is 19.0 Å². The molecular weight excluding hydrogens is 595 g/mol. The molecule has 0 saturated heterocycles. The third-order valence-corrected chi connectivity index (χ3v) is 12.7. The fraction of sp³-hybridized carbons (Fsp3) is 0.905. The van der Waals surface area contributed by atoms with Gasteiger partial charge in [0.05, 0.1) is 0 Å². The molecule has 47 heavy (non-hydrogen) atoms. The minimum Gasteiger partial charge on any atom is -0.377 e. The average Bonchev–Trinajstić information content (AvgIpc) is 3.09. The average molecular weight is 680 g/mol. The molecule has 0 amide bonds. The van der Waals surface area contributed by atoms with Gasteiger partial charge >= 0.3 is 8.80 Å². The molecule has 0 radical (unpaired) electrons. The van der Waals surface area contributed by atoms with E-state index in [4.69, 9.17) is 13.3 Å². The number of rotatable bonds is 39. The van der Waals surface area contributed by atoms with E-state index in [2.05, 4.69) is 43.1 Å². The van der Waals surface area contributed by atoms with E-state index in [0.29, 0.717) is 0 Å². The van der Waals surface area contributed by atoms with E-state index in [1.807, 2.05) is 0 Å². The maximum absolute atomic E-state index is 5.67. The molecule has 0 heterocycles. The van der Waals surface area contributed by atoms with Crippen molar-refractivity contribution < 1.29 is 13.3 Å². The molecule has 0 aliphatic carbocycles. The van der Waals surface area contributed by atoms with Gasteiger partial charge in [0.2, 0.25) is 0 Å². The smallest absolute Gasteiger partial charge is 0.377 e. The van der Waals surface area contributed by atoms with Gasteiger partial charge in [0.1, 0.15) is 0 Å². The van der Waals surface area contributed by atoms with Gasteiger partial charge < -0.3 is 18.2 Å². The topological polar surface area (TPSA) is 30.9 Å². The fourth-order valence-electron chi connectivity index (χ4n) is 6.58. The second-order valence-corrected chi connectivity index (χ2v) is 17.2. The van der Waals surface area contributed by atoms with Crippen LogP contribution in [0.4, 0.5) is 0 Å². The molecule has 0 aromatic heterocycles. The largest absolute Gasteiger partial charge is 0.500 e. The molecule has 0 aromatic rings. The summed E-state index contributed by atoms with van der Waals surface area (Å²) in [5, 5.41) is 0. The Labute approximate surface area is 297 Å². The zero-order valence-electron chi connectivity index (χ0n) is 32.8. The van der Waals surface area contributed by atoms with Crippen molar-refractivity contribution in [3.63, 3.8) is 0 Å². The lowest BCUT2D eigenvalue weighted by Crippen LogP contribution is -2.43. The van der Waals surface area contributed by atoms with Crippen LogP contribution in [0.3, 0.4) is 0 Å². The summed E-state index contributed by atoms with van der Waals surface area (Å²) >= 11 is 0. The highest BCUT2D eigenvalue weighted by Crippen LogP contribution is 2.17. The van der Waals surface area contributed by atoms with Crippen molar-refractivity contribution in [2.24, 2.45) is 0 Å². The molecule has 0 atom stereocenters. The summed E-state index contributed by atoms with van der Waals surface area (Å²) in [6, 6.07) is 0.897. The molecule has 0 bridgehead atoms. The summed E-state index contributed by atoms with van der Waals surface area (Å²) in [5.74, 6) is 0. The van der Waals surface area contributed by atoms with Gasteiger partial charge in [0.15, 0.2) is 0 Å². The number of hydrogen-bond acceptors (Lipinski definition) is 4. The third-order valence-electron chi connectivity index (χ3n) is 9.86. The van der Waals surface area contributed by atoms with E-state index >= 15 is 0 Å². The van der Waals surface area contributed by atoms with Crippen molar-refractivity contribution in [3.05, 3.63) is 24.3 Å². The predicted octanol–water partition coefficient (Wildman–Crippen LogP) is 13.6. The first kappa shape index (κ1) is 46.5. The van der Waals surface area contributed by atoms with E-state index < -0.39 is 8.80 Å². The van der Waals surface area contributed by atoms with Crippen LogP contribution in [0.15, 0.2) is 24.3 Å². The standard InChI is InChI=1S/C42H85NO3Si/c1-6-8-10-12-14-16-18-20-22-24-26-28-30-32-34-36-39-43(41-38-42-47(44-3,45-4)46-5)40-37-35-33-31-29-27-25-23-21-19-17-15-13-11-9-7-2/h20-23H,6-19,24-42H2,1-5H3. The SMILES string of the molecule is CCCCCCCCC=CCCCCCCCCN(CCCCCCCCC=CCCCCCCCC)CCC[Si](OC)(OC)OC. The van der Waals surface area contributed by atoms with Crippen molar-refractivity contribution in [1.29, 1.82) is 0 Å². The molecule has 0 fully saturated rings. The highest BCUT2D eigenvalue weighted by atomic mass is 28.4. The first-order chi connectivity index (χ1) is 23.2. The zero-order valence-corrected chi connectivity index (χ0v) is 33.8. The summed E-state index contributed by atoms with van der Waals surface area (Å²) in [6.45, 7) is 8.17. The highest BCUT2D eigenvalue weighted by molar-refractivity contribution is 6.60. The van der Waals surface area contributed by atoms with Gasteiger partial charge in [-0.3, -0.25) is 0 Å². The van der Waals surface area contributed by atoms with Crippen molar-refractivity contribution in [2.75, 3.05) is 41.0 Å². The summed E-state index contributed by atoms with van der Waals surface area (Å²) < 4.78 is 17.0. The van der Waals surface area contributed by atoms with Crippen LogP contribution in [0.1, 0.15) is 200 Å². The molecule has 0 rings (SSSR count). The van der Waals surface area contributed by atoms with Gasteiger partial charge in [-0.15, -0.1) is 0 Å². The molecule has 0 unspecified atom stereocenters. The molecule has 280 valence electrons.